The highest BCUT2D eigenvalue weighted by Gasteiger charge is 2.22. The van der Waals surface area contributed by atoms with E-state index in [-0.39, 0.29) is 5.56 Å². The molecule has 0 aliphatic heterocycles. The molecule has 0 saturated heterocycles. The lowest BCUT2D eigenvalue weighted by molar-refractivity contribution is 0.0696. The quantitative estimate of drug-likeness (QED) is 0.712. The fourth-order valence-corrected chi connectivity index (χ4v) is 2.51. The Hall–Kier alpha value is -1.51. The molecule has 3 N–H and O–H groups in total. The SMILES string of the molecule is C[C@@H](CO)NS(=O)(=O)c1ccc(C(=O)O)cc1F. The number of aromatic carboxylic acids is 1. The summed E-state index contributed by atoms with van der Waals surface area (Å²) in [5.74, 6) is -2.51. The number of nitrogens with one attached hydrogen (secondary N) is 1. The lowest BCUT2D eigenvalue weighted by Crippen LogP contribution is -2.35. The van der Waals surface area contributed by atoms with Crippen LogP contribution in [-0.4, -0.2) is 37.2 Å². The maximum Gasteiger partial charge on any atom is 0.335 e. The summed E-state index contributed by atoms with van der Waals surface area (Å²) in [6, 6.07) is 1.71. The Morgan fingerprint density at radius 3 is 2.56 bits per heavy atom. The molecule has 0 heterocycles. The van der Waals surface area contributed by atoms with Gasteiger partial charge in [-0.05, 0) is 25.1 Å². The fraction of sp³-hybridized carbons (Fsp3) is 0.300. The number of carboxylic acid groups (broad SMARTS) is 1. The smallest absolute Gasteiger partial charge is 0.335 e. The fourth-order valence-electron chi connectivity index (χ4n) is 1.22. The molecule has 0 spiro atoms. The molecule has 100 valence electrons. The monoisotopic (exact) mass is 277 g/mol. The maximum atomic E-state index is 13.5. The van der Waals surface area contributed by atoms with Gasteiger partial charge in [-0.1, -0.05) is 0 Å². The zero-order valence-corrected chi connectivity index (χ0v) is 10.2. The van der Waals surface area contributed by atoms with Crippen molar-refractivity contribution in [2.75, 3.05) is 6.61 Å². The molecular formula is C10H12FNO5S. The standard InChI is InChI=1S/C10H12FNO5S/c1-6(5-13)12-18(16,17)9-3-2-7(10(14)15)4-8(9)11/h2-4,6,12-13H,5H2,1H3,(H,14,15)/t6-/m0/s1. The molecular weight excluding hydrogens is 265 g/mol. The van der Waals surface area contributed by atoms with Crippen LogP contribution in [0.15, 0.2) is 23.1 Å². The van der Waals surface area contributed by atoms with Gasteiger partial charge in [0.2, 0.25) is 10.0 Å². The van der Waals surface area contributed by atoms with Crippen molar-refractivity contribution >= 4 is 16.0 Å². The van der Waals surface area contributed by atoms with Crippen molar-refractivity contribution < 1.29 is 27.8 Å². The van der Waals surface area contributed by atoms with Crippen LogP contribution in [0.2, 0.25) is 0 Å². The molecule has 1 atom stereocenters. The maximum absolute atomic E-state index is 13.5. The number of sulfonamides is 1. The van der Waals surface area contributed by atoms with Gasteiger partial charge in [-0.25, -0.2) is 22.3 Å². The molecule has 1 aromatic rings. The van der Waals surface area contributed by atoms with Crippen molar-refractivity contribution in [2.24, 2.45) is 0 Å². The second-order valence-electron chi connectivity index (χ2n) is 3.66. The van der Waals surface area contributed by atoms with Crippen LogP contribution in [0.5, 0.6) is 0 Å². The molecule has 0 amide bonds. The Morgan fingerprint density at radius 1 is 1.50 bits per heavy atom. The zero-order valence-electron chi connectivity index (χ0n) is 9.42. The van der Waals surface area contributed by atoms with Crippen LogP contribution in [0.25, 0.3) is 0 Å². The molecule has 0 aromatic heterocycles. The number of aliphatic hydroxyl groups is 1. The second kappa shape index (κ2) is 5.42. The molecule has 0 unspecified atom stereocenters. The minimum absolute atomic E-state index is 0.346. The van der Waals surface area contributed by atoms with Crippen LogP contribution in [-0.2, 0) is 10.0 Å². The van der Waals surface area contributed by atoms with E-state index in [1.54, 1.807) is 0 Å². The number of carboxylic acids is 1. The molecule has 0 bridgehead atoms. The van der Waals surface area contributed by atoms with Crippen molar-refractivity contribution in [1.82, 2.24) is 4.72 Å². The predicted octanol–water partition coefficient (Wildman–Crippen LogP) is 0.183. The van der Waals surface area contributed by atoms with Gasteiger partial charge < -0.3 is 10.2 Å². The Labute approximate surface area is 103 Å². The third kappa shape index (κ3) is 3.25. The number of halogens is 1. The number of rotatable bonds is 5. The first-order valence-electron chi connectivity index (χ1n) is 4.94. The lowest BCUT2D eigenvalue weighted by Gasteiger charge is -2.12. The normalized spacial score (nSPS) is 13.3. The summed E-state index contributed by atoms with van der Waals surface area (Å²) in [4.78, 5) is 9.91. The summed E-state index contributed by atoms with van der Waals surface area (Å²) in [6.07, 6.45) is 0. The Bertz CT molecular complexity index is 557. The molecule has 8 heteroatoms. The Morgan fingerprint density at radius 2 is 2.11 bits per heavy atom. The number of hydrogen-bond acceptors (Lipinski definition) is 4. The van der Waals surface area contributed by atoms with Gasteiger partial charge in [0.05, 0.1) is 12.2 Å². The van der Waals surface area contributed by atoms with Crippen molar-refractivity contribution in [3.05, 3.63) is 29.6 Å². The molecule has 1 aromatic carbocycles. The van der Waals surface area contributed by atoms with Gasteiger partial charge in [0, 0.05) is 6.04 Å². The number of hydrogen-bond donors (Lipinski definition) is 3. The molecule has 0 saturated carbocycles. The third-order valence-corrected chi connectivity index (χ3v) is 3.72. The van der Waals surface area contributed by atoms with E-state index in [4.69, 9.17) is 10.2 Å². The molecule has 0 aliphatic rings. The number of benzene rings is 1. The van der Waals surface area contributed by atoms with E-state index in [0.29, 0.717) is 6.07 Å². The van der Waals surface area contributed by atoms with E-state index in [9.17, 15) is 17.6 Å². The van der Waals surface area contributed by atoms with E-state index < -0.39 is 39.4 Å². The second-order valence-corrected chi connectivity index (χ2v) is 5.34. The first-order chi connectivity index (χ1) is 8.27. The highest BCUT2D eigenvalue weighted by atomic mass is 32.2. The van der Waals surface area contributed by atoms with E-state index in [2.05, 4.69) is 0 Å². The van der Waals surface area contributed by atoms with Gasteiger partial charge in [0.25, 0.3) is 0 Å². The minimum Gasteiger partial charge on any atom is -0.478 e. The summed E-state index contributed by atoms with van der Waals surface area (Å²) in [5.41, 5.74) is -0.346. The van der Waals surface area contributed by atoms with E-state index in [0.717, 1.165) is 12.1 Å². The van der Waals surface area contributed by atoms with E-state index in [1.807, 2.05) is 4.72 Å². The van der Waals surface area contributed by atoms with Gasteiger partial charge in [-0.2, -0.15) is 0 Å². The molecule has 0 radical (unpaired) electrons. The molecule has 6 nitrogen and oxygen atoms in total. The van der Waals surface area contributed by atoms with Crippen LogP contribution >= 0.6 is 0 Å². The topological polar surface area (TPSA) is 104 Å². The minimum atomic E-state index is -4.12. The Kier molecular flexibility index (Phi) is 4.38. The largest absolute Gasteiger partial charge is 0.478 e. The van der Waals surface area contributed by atoms with Gasteiger partial charge in [0.15, 0.2) is 0 Å². The van der Waals surface area contributed by atoms with Crippen LogP contribution < -0.4 is 4.72 Å². The van der Waals surface area contributed by atoms with Crippen LogP contribution in [0, 0.1) is 5.82 Å². The third-order valence-electron chi connectivity index (χ3n) is 2.10. The average Bonchev–Trinajstić information content (AvgIpc) is 2.27. The highest BCUT2D eigenvalue weighted by molar-refractivity contribution is 7.89. The molecule has 0 aliphatic carbocycles. The summed E-state index contributed by atoms with van der Waals surface area (Å²) < 4.78 is 38.9. The van der Waals surface area contributed by atoms with Crippen molar-refractivity contribution in [3.63, 3.8) is 0 Å². The number of carbonyl (C=O) groups is 1. The summed E-state index contributed by atoms with van der Waals surface area (Å²) in [5, 5.41) is 17.4. The first kappa shape index (κ1) is 14.6. The molecule has 18 heavy (non-hydrogen) atoms. The number of aliphatic hydroxyl groups excluding tert-OH is 1. The highest BCUT2D eigenvalue weighted by Crippen LogP contribution is 2.16. The van der Waals surface area contributed by atoms with Crippen LogP contribution in [0.1, 0.15) is 17.3 Å². The average molecular weight is 277 g/mol. The van der Waals surface area contributed by atoms with Gasteiger partial charge in [-0.3, -0.25) is 0 Å². The van der Waals surface area contributed by atoms with Gasteiger partial charge >= 0.3 is 5.97 Å². The van der Waals surface area contributed by atoms with Gasteiger partial charge in [-0.15, -0.1) is 0 Å². The van der Waals surface area contributed by atoms with Crippen molar-refractivity contribution in [2.45, 2.75) is 17.9 Å². The van der Waals surface area contributed by atoms with Gasteiger partial charge in [0.1, 0.15) is 10.7 Å². The predicted molar refractivity (Wildman–Crippen MR) is 60.2 cm³/mol. The van der Waals surface area contributed by atoms with Crippen molar-refractivity contribution in [3.8, 4) is 0 Å². The summed E-state index contributed by atoms with van der Waals surface area (Å²) >= 11 is 0. The Balaban J connectivity index is 3.14. The van der Waals surface area contributed by atoms with Crippen molar-refractivity contribution in [1.29, 1.82) is 0 Å². The van der Waals surface area contributed by atoms with E-state index in [1.165, 1.54) is 6.92 Å². The molecule has 1 rings (SSSR count). The zero-order chi connectivity index (χ0) is 13.9. The van der Waals surface area contributed by atoms with Crippen LogP contribution in [0.3, 0.4) is 0 Å². The lowest BCUT2D eigenvalue weighted by atomic mass is 10.2. The van der Waals surface area contributed by atoms with E-state index >= 15 is 0 Å². The molecule has 0 fully saturated rings. The summed E-state index contributed by atoms with van der Waals surface area (Å²) in [7, 11) is -4.12. The summed E-state index contributed by atoms with van der Waals surface area (Å²) in [6.45, 7) is 0.967. The van der Waals surface area contributed by atoms with Crippen LogP contribution in [0.4, 0.5) is 4.39 Å². The first-order valence-corrected chi connectivity index (χ1v) is 6.42.